The molecule has 4 rings (SSSR count). The van der Waals surface area contributed by atoms with Gasteiger partial charge in [0.25, 0.3) is 5.56 Å². The number of piperidine rings is 1. The van der Waals surface area contributed by atoms with Crippen LogP contribution in [0.25, 0.3) is 11.5 Å². The van der Waals surface area contributed by atoms with Crippen LogP contribution in [-0.4, -0.2) is 26.4 Å². The van der Waals surface area contributed by atoms with Gasteiger partial charge in [-0.25, -0.2) is 9.37 Å². The highest BCUT2D eigenvalue weighted by Crippen LogP contribution is 2.31. The zero-order valence-electron chi connectivity index (χ0n) is 14.9. The molecule has 2 aromatic heterocycles. The Hall–Kier alpha value is -2.86. The Morgan fingerprint density at radius 1 is 1.15 bits per heavy atom. The van der Waals surface area contributed by atoms with E-state index in [0.717, 1.165) is 37.1 Å². The summed E-state index contributed by atoms with van der Waals surface area (Å²) in [5.41, 5.74) is 2.13. The lowest BCUT2D eigenvalue weighted by molar-refractivity contribution is 0.137. The number of hydrogen-bond donors (Lipinski definition) is 1. The van der Waals surface area contributed by atoms with Crippen molar-refractivity contribution in [1.82, 2.24) is 19.9 Å². The van der Waals surface area contributed by atoms with Crippen molar-refractivity contribution in [3.8, 4) is 11.5 Å². The fourth-order valence-corrected chi connectivity index (χ4v) is 3.66. The average molecular weight is 364 g/mol. The molecule has 1 aromatic carbocycles. The Labute approximate surface area is 156 Å². The molecule has 3 heterocycles. The average Bonchev–Trinajstić information content (AvgIpc) is 2.69. The molecule has 0 unspecified atom stereocenters. The van der Waals surface area contributed by atoms with Crippen molar-refractivity contribution in [2.45, 2.75) is 31.8 Å². The molecule has 0 saturated carbocycles. The number of aromatic amines is 1. The highest BCUT2D eigenvalue weighted by molar-refractivity contribution is 5.48. The molecule has 0 bridgehead atoms. The zero-order chi connectivity index (χ0) is 18.6. The third kappa shape index (κ3) is 4.11. The third-order valence-corrected chi connectivity index (χ3v) is 4.90. The van der Waals surface area contributed by atoms with E-state index in [1.54, 1.807) is 24.4 Å². The first-order valence-corrected chi connectivity index (χ1v) is 9.20. The largest absolute Gasteiger partial charge is 0.305 e. The number of nitrogens with one attached hydrogen (secondary N) is 1. The van der Waals surface area contributed by atoms with Gasteiger partial charge in [0.1, 0.15) is 11.5 Å². The summed E-state index contributed by atoms with van der Waals surface area (Å²) < 4.78 is 13.6. The lowest BCUT2D eigenvalue weighted by Gasteiger charge is -2.35. The van der Waals surface area contributed by atoms with E-state index in [0.29, 0.717) is 18.1 Å². The molecule has 3 aromatic rings. The topological polar surface area (TPSA) is 61.9 Å². The number of pyridine rings is 1. The van der Waals surface area contributed by atoms with E-state index in [4.69, 9.17) is 4.98 Å². The third-order valence-electron chi connectivity index (χ3n) is 4.90. The molecular formula is C21H21FN4O. The van der Waals surface area contributed by atoms with E-state index in [1.807, 2.05) is 24.3 Å². The van der Waals surface area contributed by atoms with Crippen LogP contribution in [0.1, 0.15) is 36.6 Å². The van der Waals surface area contributed by atoms with Gasteiger partial charge in [-0.15, -0.1) is 0 Å². The number of rotatable bonds is 4. The number of halogens is 1. The van der Waals surface area contributed by atoms with Gasteiger partial charge in [0.05, 0.1) is 11.7 Å². The molecule has 1 aliphatic heterocycles. The molecule has 1 aliphatic rings. The maximum absolute atomic E-state index is 13.6. The van der Waals surface area contributed by atoms with Crippen LogP contribution in [0.15, 0.2) is 59.5 Å². The van der Waals surface area contributed by atoms with Crippen LogP contribution in [0.5, 0.6) is 0 Å². The number of benzene rings is 1. The van der Waals surface area contributed by atoms with Crippen molar-refractivity contribution in [2.75, 3.05) is 6.54 Å². The SMILES string of the molecule is O=c1cc([C@@H]2CCCCN2Cc2cccc(F)c2)nc(-c2ccccn2)[nH]1. The number of H-pyrrole nitrogens is 1. The van der Waals surface area contributed by atoms with Crippen LogP contribution in [0, 0.1) is 5.82 Å². The smallest absolute Gasteiger partial charge is 0.251 e. The van der Waals surface area contributed by atoms with Gasteiger partial charge in [0.15, 0.2) is 5.82 Å². The Balaban J connectivity index is 1.65. The number of hydrogen-bond acceptors (Lipinski definition) is 4. The summed E-state index contributed by atoms with van der Waals surface area (Å²) in [6.07, 6.45) is 4.77. The first-order valence-electron chi connectivity index (χ1n) is 9.20. The Kier molecular flexibility index (Phi) is 5.07. The second kappa shape index (κ2) is 7.80. The molecule has 0 aliphatic carbocycles. The summed E-state index contributed by atoms with van der Waals surface area (Å²) in [7, 11) is 0. The maximum Gasteiger partial charge on any atom is 0.251 e. The van der Waals surface area contributed by atoms with Gasteiger partial charge in [0.2, 0.25) is 0 Å². The molecule has 1 N–H and O–H groups in total. The van der Waals surface area contributed by atoms with Crippen molar-refractivity contribution in [2.24, 2.45) is 0 Å². The molecule has 6 heteroatoms. The maximum atomic E-state index is 13.6. The minimum Gasteiger partial charge on any atom is -0.305 e. The molecule has 5 nitrogen and oxygen atoms in total. The second-order valence-electron chi connectivity index (χ2n) is 6.85. The second-order valence-corrected chi connectivity index (χ2v) is 6.85. The lowest BCUT2D eigenvalue weighted by Crippen LogP contribution is -2.34. The molecule has 0 radical (unpaired) electrons. The molecule has 0 amide bonds. The summed E-state index contributed by atoms with van der Waals surface area (Å²) in [6, 6.07) is 13.8. The standard InChI is InChI=1S/C21H21FN4O/c22-16-7-5-6-15(12-16)14-26-11-4-2-9-19(26)18-13-20(27)25-21(24-18)17-8-1-3-10-23-17/h1,3,5-8,10,12-13,19H,2,4,9,11,14H2,(H,24,25,27)/t19-/m0/s1. The van der Waals surface area contributed by atoms with Crippen LogP contribution in [0.4, 0.5) is 4.39 Å². The van der Waals surface area contributed by atoms with Gasteiger partial charge in [0, 0.05) is 18.8 Å². The highest BCUT2D eigenvalue weighted by atomic mass is 19.1. The van der Waals surface area contributed by atoms with Crippen LogP contribution < -0.4 is 5.56 Å². The fraction of sp³-hybridized carbons (Fsp3) is 0.286. The minimum atomic E-state index is -0.229. The van der Waals surface area contributed by atoms with Crippen molar-refractivity contribution in [3.05, 3.63) is 82.2 Å². The van der Waals surface area contributed by atoms with Crippen LogP contribution in [-0.2, 0) is 6.54 Å². The first-order chi connectivity index (χ1) is 13.2. The molecular weight excluding hydrogens is 343 g/mol. The summed E-state index contributed by atoms with van der Waals surface area (Å²) in [4.78, 5) is 26.3. The van der Waals surface area contributed by atoms with Gasteiger partial charge in [-0.05, 0) is 49.2 Å². The van der Waals surface area contributed by atoms with Gasteiger partial charge in [-0.3, -0.25) is 14.7 Å². The van der Waals surface area contributed by atoms with Gasteiger partial charge in [-0.2, -0.15) is 0 Å². The predicted octanol–water partition coefficient (Wildman–Crippen LogP) is 3.70. The van der Waals surface area contributed by atoms with Gasteiger partial charge >= 0.3 is 0 Å². The monoisotopic (exact) mass is 364 g/mol. The number of nitrogens with zero attached hydrogens (tertiary/aromatic N) is 3. The summed E-state index contributed by atoms with van der Waals surface area (Å²) >= 11 is 0. The van der Waals surface area contributed by atoms with Crippen molar-refractivity contribution < 1.29 is 4.39 Å². The Morgan fingerprint density at radius 3 is 2.89 bits per heavy atom. The van der Waals surface area contributed by atoms with Crippen LogP contribution >= 0.6 is 0 Å². The van der Waals surface area contributed by atoms with E-state index in [2.05, 4.69) is 14.9 Å². The van der Waals surface area contributed by atoms with Crippen molar-refractivity contribution in [3.63, 3.8) is 0 Å². The molecule has 1 saturated heterocycles. The fourth-order valence-electron chi connectivity index (χ4n) is 3.66. The quantitative estimate of drug-likeness (QED) is 0.767. The summed E-state index contributed by atoms with van der Waals surface area (Å²) in [5, 5.41) is 0. The Bertz CT molecular complexity index is 973. The molecule has 138 valence electrons. The normalized spacial score (nSPS) is 17.7. The Morgan fingerprint density at radius 2 is 2.07 bits per heavy atom. The predicted molar refractivity (Wildman–Crippen MR) is 101 cm³/mol. The van der Waals surface area contributed by atoms with E-state index in [9.17, 15) is 9.18 Å². The number of likely N-dealkylation sites (tertiary alicyclic amines) is 1. The van der Waals surface area contributed by atoms with E-state index < -0.39 is 0 Å². The van der Waals surface area contributed by atoms with Crippen LogP contribution in [0.2, 0.25) is 0 Å². The van der Waals surface area contributed by atoms with Crippen LogP contribution in [0.3, 0.4) is 0 Å². The molecule has 0 spiro atoms. The van der Waals surface area contributed by atoms with E-state index in [1.165, 1.54) is 6.07 Å². The van der Waals surface area contributed by atoms with Gasteiger partial charge in [-0.1, -0.05) is 24.6 Å². The zero-order valence-corrected chi connectivity index (χ0v) is 14.9. The van der Waals surface area contributed by atoms with Crippen molar-refractivity contribution >= 4 is 0 Å². The first kappa shape index (κ1) is 17.5. The summed E-state index contributed by atoms with van der Waals surface area (Å²) in [5.74, 6) is 0.252. The van der Waals surface area contributed by atoms with E-state index in [-0.39, 0.29) is 17.4 Å². The van der Waals surface area contributed by atoms with Crippen molar-refractivity contribution in [1.29, 1.82) is 0 Å². The summed E-state index contributed by atoms with van der Waals surface area (Å²) in [6.45, 7) is 1.53. The molecule has 27 heavy (non-hydrogen) atoms. The minimum absolute atomic E-state index is 0.0341. The van der Waals surface area contributed by atoms with Gasteiger partial charge < -0.3 is 4.98 Å². The molecule has 1 atom stereocenters. The highest BCUT2D eigenvalue weighted by Gasteiger charge is 2.26. The number of aromatic nitrogens is 3. The van der Waals surface area contributed by atoms with E-state index >= 15 is 0 Å². The molecule has 1 fully saturated rings. The lowest BCUT2D eigenvalue weighted by atomic mass is 9.98.